The summed E-state index contributed by atoms with van der Waals surface area (Å²) in [5.41, 5.74) is 0. The smallest absolute Gasteiger partial charge is 0.212 e. The molecule has 0 spiro atoms. The molecule has 0 saturated carbocycles. The van der Waals surface area contributed by atoms with E-state index in [-0.39, 0.29) is 0 Å². The second kappa shape index (κ2) is 2.46. The zero-order chi connectivity index (χ0) is 7.72. The monoisotopic (exact) mass is 166 g/mol. The highest BCUT2D eigenvalue weighted by atomic mass is 35.5. The maximum absolute atomic E-state index is 12.2. The van der Waals surface area contributed by atoms with E-state index in [1.807, 2.05) is 0 Å². The van der Waals surface area contributed by atoms with Gasteiger partial charge in [-0.1, -0.05) is 11.6 Å². The Morgan fingerprint density at radius 1 is 1.30 bits per heavy atom. The van der Waals surface area contributed by atoms with Crippen LogP contribution in [0.1, 0.15) is 0 Å². The van der Waals surface area contributed by atoms with Crippen molar-refractivity contribution in [2.24, 2.45) is 0 Å². The molecule has 1 nitrogen and oxygen atoms in total. The molecule has 1 heterocycles. The van der Waals surface area contributed by atoms with Crippen molar-refractivity contribution >= 4 is 11.6 Å². The third kappa shape index (κ3) is 1.07. The zero-order valence-corrected chi connectivity index (χ0v) is 5.22. The van der Waals surface area contributed by atoms with Crippen molar-refractivity contribution in [1.82, 2.24) is 4.98 Å². The summed E-state index contributed by atoms with van der Waals surface area (Å²) >= 11 is 4.92. The van der Waals surface area contributed by atoms with Gasteiger partial charge in [-0.3, -0.25) is 0 Å². The molecule has 0 aliphatic carbocycles. The normalized spacial score (nSPS) is 10.0. The lowest BCUT2D eigenvalue weighted by Gasteiger charge is -1.93. The van der Waals surface area contributed by atoms with Crippen molar-refractivity contribution in [3.8, 4) is 0 Å². The summed E-state index contributed by atoms with van der Waals surface area (Å²) in [6.07, 6.45) is 1.55. The Bertz CT molecular complexity index is 236. The van der Waals surface area contributed by atoms with Gasteiger partial charge < -0.3 is 0 Å². The van der Waals surface area contributed by atoms with Crippen LogP contribution in [0.5, 0.6) is 0 Å². The molecule has 53 valence electrons. The maximum atomic E-state index is 12.2. The Balaban J connectivity index is 3.34. The fourth-order valence-corrected chi connectivity index (χ4v) is 0.503. The topological polar surface area (TPSA) is 12.9 Å². The van der Waals surface area contributed by atoms with Crippen LogP contribution in [-0.4, -0.2) is 4.98 Å². The van der Waals surface area contributed by atoms with Gasteiger partial charge in [0, 0.05) is 0 Å². The fourth-order valence-electron chi connectivity index (χ4n) is 0.383. The molecule has 1 radical (unpaired) electrons. The lowest BCUT2D eigenvalue weighted by atomic mass is 10.4. The van der Waals surface area contributed by atoms with Crippen LogP contribution >= 0.6 is 11.6 Å². The minimum Gasteiger partial charge on any atom is -0.212 e. The predicted octanol–water partition coefficient (Wildman–Crippen LogP) is 1.95. The molecule has 5 heteroatoms. The van der Waals surface area contributed by atoms with E-state index in [4.69, 9.17) is 11.6 Å². The number of aromatic nitrogens is 1. The van der Waals surface area contributed by atoms with Gasteiger partial charge >= 0.3 is 0 Å². The van der Waals surface area contributed by atoms with Gasteiger partial charge in [-0.05, 0) is 0 Å². The van der Waals surface area contributed by atoms with E-state index in [1.54, 1.807) is 6.20 Å². The average molecular weight is 167 g/mol. The van der Waals surface area contributed by atoms with Crippen LogP contribution in [0.2, 0.25) is 5.02 Å². The first-order valence-corrected chi connectivity index (χ1v) is 2.58. The van der Waals surface area contributed by atoms with E-state index < -0.39 is 22.6 Å². The summed E-state index contributed by atoms with van der Waals surface area (Å²) in [4.78, 5) is 2.61. The van der Waals surface area contributed by atoms with E-state index in [0.717, 1.165) is 0 Å². The first kappa shape index (κ1) is 7.34. The largest absolute Gasteiger partial charge is 0.251 e. The van der Waals surface area contributed by atoms with Gasteiger partial charge in [0.25, 0.3) is 5.95 Å². The van der Waals surface area contributed by atoms with Crippen molar-refractivity contribution in [2.75, 3.05) is 0 Å². The van der Waals surface area contributed by atoms with Gasteiger partial charge in [-0.15, -0.1) is 0 Å². The van der Waals surface area contributed by atoms with E-state index in [0.29, 0.717) is 0 Å². The Kier molecular flexibility index (Phi) is 1.80. The summed E-state index contributed by atoms with van der Waals surface area (Å²) in [6, 6.07) is 0. The lowest BCUT2D eigenvalue weighted by Crippen LogP contribution is -1.93. The molecule has 0 amide bonds. The van der Waals surface area contributed by atoms with Crippen LogP contribution in [-0.2, 0) is 0 Å². The minimum atomic E-state index is -1.49. The average Bonchev–Trinajstić information content (AvgIpc) is 1.93. The molecule has 0 unspecified atom stereocenters. The molecule has 0 N–H and O–H groups in total. The lowest BCUT2D eigenvalue weighted by molar-refractivity contribution is 0.463. The number of pyridine rings is 1. The van der Waals surface area contributed by atoms with Crippen LogP contribution < -0.4 is 0 Å². The highest BCUT2D eigenvalue weighted by Crippen LogP contribution is 2.17. The summed E-state index contributed by atoms with van der Waals surface area (Å²) in [6.45, 7) is 0. The van der Waals surface area contributed by atoms with Gasteiger partial charge in [0.1, 0.15) is 11.2 Å². The first-order valence-electron chi connectivity index (χ1n) is 2.20. The maximum Gasteiger partial charge on any atom is 0.251 e. The highest BCUT2D eigenvalue weighted by molar-refractivity contribution is 6.30. The van der Waals surface area contributed by atoms with E-state index in [9.17, 15) is 13.2 Å². The Morgan fingerprint density at radius 3 is 2.40 bits per heavy atom. The number of nitrogens with zero attached hydrogens (tertiary/aromatic N) is 1. The Hall–Kier alpha value is -0.770. The molecule has 1 aromatic heterocycles. The van der Waals surface area contributed by atoms with E-state index in [1.165, 1.54) is 0 Å². The van der Waals surface area contributed by atoms with Crippen LogP contribution in [0, 0.1) is 23.8 Å². The number of hydrogen-bond donors (Lipinski definition) is 0. The van der Waals surface area contributed by atoms with Crippen LogP contribution in [0.25, 0.3) is 0 Å². The van der Waals surface area contributed by atoms with Crippen LogP contribution in [0.3, 0.4) is 0 Å². The fraction of sp³-hybridized carbons (Fsp3) is 0. The van der Waals surface area contributed by atoms with E-state index in [2.05, 4.69) is 4.98 Å². The van der Waals surface area contributed by atoms with Gasteiger partial charge in [0.2, 0.25) is 0 Å². The first-order chi connectivity index (χ1) is 4.63. The molecular weight excluding hydrogens is 167 g/mol. The van der Waals surface area contributed by atoms with E-state index >= 15 is 0 Å². The molecular formula is C5ClF3N. The quantitative estimate of drug-likeness (QED) is 0.537. The summed E-state index contributed by atoms with van der Waals surface area (Å²) in [7, 11) is 0. The third-order valence-corrected chi connectivity index (χ3v) is 1.15. The molecule has 0 atom stereocenters. The van der Waals surface area contributed by atoms with Gasteiger partial charge in [-0.25, -0.2) is 13.8 Å². The van der Waals surface area contributed by atoms with Crippen LogP contribution in [0.15, 0.2) is 0 Å². The molecule has 0 bridgehead atoms. The molecule has 1 rings (SSSR count). The summed E-state index contributed by atoms with van der Waals surface area (Å²) < 4.78 is 36.3. The summed E-state index contributed by atoms with van der Waals surface area (Å²) in [5.74, 6) is -4.13. The number of halogens is 4. The van der Waals surface area contributed by atoms with Crippen molar-refractivity contribution in [3.63, 3.8) is 0 Å². The second-order valence-corrected chi connectivity index (χ2v) is 1.83. The Labute approximate surface area is 59.5 Å². The zero-order valence-electron chi connectivity index (χ0n) is 4.46. The summed E-state index contributed by atoms with van der Waals surface area (Å²) in [5, 5.41) is -0.924. The van der Waals surface area contributed by atoms with Crippen LogP contribution in [0.4, 0.5) is 13.2 Å². The third-order valence-electron chi connectivity index (χ3n) is 0.819. The second-order valence-electron chi connectivity index (χ2n) is 1.46. The van der Waals surface area contributed by atoms with Gasteiger partial charge in [0.15, 0.2) is 11.6 Å². The molecule has 0 aliphatic heterocycles. The van der Waals surface area contributed by atoms with Crippen molar-refractivity contribution in [2.45, 2.75) is 0 Å². The van der Waals surface area contributed by atoms with Gasteiger partial charge in [-0.2, -0.15) is 4.39 Å². The van der Waals surface area contributed by atoms with Crippen molar-refractivity contribution < 1.29 is 13.2 Å². The Morgan fingerprint density at radius 2 is 1.90 bits per heavy atom. The SMILES string of the molecule is Fc1[c]nc(F)c(F)c1Cl. The molecule has 0 aromatic carbocycles. The van der Waals surface area contributed by atoms with Gasteiger partial charge in [0.05, 0.1) is 0 Å². The molecule has 0 saturated heterocycles. The molecule has 0 aliphatic rings. The highest BCUT2D eigenvalue weighted by Gasteiger charge is 2.12. The standard InChI is InChI=1S/C5ClF3N/c6-3-2(7)1-10-5(9)4(3)8. The molecule has 10 heavy (non-hydrogen) atoms. The van der Waals surface area contributed by atoms with Crippen molar-refractivity contribution in [3.05, 3.63) is 28.8 Å². The minimum absolute atomic E-state index is 0.924. The van der Waals surface area contributed by atoms with Crippen molar-refractivity contribution in [1.29, 1.82) is 0 Å². The molecule has 0 fully saturated rings. The predicted molar refractivity (Wildman–Crippen MR) is 28.0 cm³/mol. The molecule has 1 aromatic rings. The number of hydrogen-bond acceptors (Lipinski definition) is 1. The number of rotatable bonds is 0.